The van der Waals surface area contributed by atoms with E-state index in [9.17, 15) is 9.59 Å². The Morgan fingerprint density at radius 2 is 1.75 bits per heavy atom. The first-order valence-electron chi connectivity index (χ1n) is 6.40. The van der Waals surface area contributed by atoms with Crippen LogP contribution >= 0.6 is 0 Å². The highest BCUT2D eigenvalue weighted by atomic mass is 16.5. The van der Waals surface area contributed by atoms with Crippen molar-refractivity contribution in [3.8, 4) is 0 Å². The summed E-state index contributed by atoms with van der Waals surface area (Å²) in [5.74, 6) is -0.545. The quantitative estimate of drug-likeness (QED) is 0.836. The van der Waals surface area contributed by atoms with Gasteiger partial charge in [0.2, 0.25) is 5.91 Å². The molecule has 1 aromatic rings. The molecule has 0 atom stereocenters. The van der Waals surface area contributed by atoms with Crippen molar-refractivity contribution in [2.45, 2.75) is 32.9 Å². The molecule has 1 N–H and O–H groups in total. The maximum atomic E-state index is 11.6. The molecule has 110 valence electrons. The minimum Gasteiger partial charge on any atom is -0.465 e. The minimum absolute atomic E-state index is 0.0315. The van der Waals surface area contributed by atoms with Crippen LogP contribution in [0, 0.1) is 0 Å². The van der Waals surface area contributed by atoms with Gasteiger partial charge in [-0.3, -0.25) is 4.79 Å². The highest BCUT2D eigenvalue weighted by Gasteiger charge is 2.12. The van der Waals surface area contributed by atoms with E-state index in [1.54, 1.807) is 24.3 Å². The molecule has 0 unspecified atom stereocenters. The second-order valence-corrected chi connectivity index (χ2v) is 5.37. The Morgan fingerprint density at radius 1 is 1.15 bits per heavy atom. The molecule has 0 saturated heterocycles. The number of amides is 1. The van der Waals surface area contributed by atoms with Gasteiger partial charge in [0.15, 0.2) is 0 Å². The number of ether oxygens (including phenoxy) is 2. The lowest BCUT2D eigenvalue weighted by Gasteiger charge is -2.19. The second kappa shape index (κ2) is 7.05. The number of carbonyl (C=O) groups is 2. The molecular weight excluding hydrogens is 258 g/mol. The van der Waals surface area contributed by atoms with E-state index in [0.717, 1.165) is 5.56 Å². The van der Waals surface area contributed by atoms with Crippen molar-refractivity contribution >= 4 is 11.9 Å². The first-order chi connectivity index (χ1) is 9.31. The van der Waals surface area contributed by atoms with Crippen molar-refractivity contribution in [1.29, 1.82) is 0 Å². The number of carbonyl (C=O) groups excluding carboxylic acids is 2. The molecule has 1 rings (SSSR count). The van der Waals surface area contributed by atoms with Gasteiger partial charge in [0.1, 0.15) is 6.61 Å². The first-order valence-corrected chi connectivity index (χ1v) is 6.40. The van der Waals surface area contributed by atoms with Crippen LogP contribution in [-0.2, 0) is 20.8 Å². The smallest absolute Gasteiger partial charge is 0.337 e. The van der Waals surface area contributed by atoms with Crippen LogP contribution < -0.4 is 5.32 Å². The third-order valence-electron chi connectivity index (χ3n) is 2.50. The van der Waals surface area contributed by atoms with Gasteiger partial charge in [-0.2, -0.15) is 0 Å². The minimum atomic E-state index is -0.376. The van der Waals surface area contributed by atoms with Crippen LogP contribution in [-0.4, -0.2) is 31.2 Å². The average molecular weight is 279 g/mol. The average Bonchev–Trinajstić information content (AvgIpc) is 2.41. The number of methoxy groups -OCH3 is 1. The molecule has 0 aromatic heterocycles. The zero-order valence-electron chi connectivity index (χ0n) is 12.4. The predicted molar refractivity (Wildman–Crippen MR) is 75.3 cm³/mol. The Hall–Kier alpha value is -1.88. The van der Waals surface area contributed by atoms with Crippen LogP contribution in [0.3, 0.4) is 0 Å². The lowest BCUT2D eigenvalue weighted by atomic mass is 10.1. The number of hydrogen-bond acceptors (Lipinski definition) is 4. The second-order valence-electron chi connectivity index (χ2n) is 5.37. The number of hydrogen-bond donors (Lipinski definition) is 1. The van der Waals surface area contributed by atoms with Crippen LogP contribution in [0.2, 0.25) is 0 Å². The number of esters is 1. The molecule has 0 aliphatic rings. The molecule has 0 fully saturated rings. The van der Waals surface area contributed by atoms with Gasteiger partial charge < -0.3 is 14.8 Å². The highest BCUT2D eigenvalue weighted by molar-refractivity contribution is 5.89. The summed E-state index contributed by atoms with van der Waals surface area (Å²) in [5.41, 5.74) is 1.06. The van der Waals surface area contributed by atoms with Crippen LogP contribution in [0.1, 0.15) is 36.7 Å². The van der Waals surface area contributed by atoms with E-state index in [2.05, 4.69) is 10.1 Å². The van der Waals surface area contributed by atoms with Crippen molar-refractivity contribution in [3.63, 3.8) is 0 Å². The van der Waals surface area contributed by atoms with E-state index in [1.807, 2.05) is 20.8 Å². The van der Waals surface area contributed by atoms with Gasteiger partial charge in [0.05, 0.1) is 18.3 Å². The molecule has 1 aromatic carbocycles. The molecular formula is C15H21NO4. The summed E-state index contributed by atoms with van der Waals surface area (Å²) in [6.45, 7) is 6.11. The van der Waals surface area contributed by atoms with Crippen molar-refractivity contribution in [2.24, 2.45) is 0 Å². The summed E-state index contributed by atoms with van der Waals surface area (Å²) in [6, 6.07) is 6.88. The molecule has 0 radical (unpaired) electrons. The zero-order valence-corrected chi connectivity index (χ0v) is 12.4. The third-order valence-corrected chi connectivity index (χ3v) is 2.50. The number of rotatable bonds is 5. The van der Waals surface area contributed by atoms with Gasteiger partial charge in [0.25, 0.3) is 0 Å². The fourth-order valence-electron chi connectivity index (χ4n) is 1.41. The van der Waals surface area contributed by atoms with Gasteiger partial charge in [-0.1, -0.05) is 12.1 Å². The molecule has 0 bridgehead atoms. The third kappa shape index (κ3) is 5.84. The monoisotopic (exact) mass is 279 g/mol. The first kappa shape index (κ1) is 16.2. The summed E-state index contributed by atoms with van der Waals surface area (Å²) in [6.07, 6.45) is 0. The molecule has 20 heavy (non-hydrogen) atoms. The summed E-state index contributed by atoms with van der Waals surface area (Å²) in [4.78, 5) is 22.8. The Balaban J connectivity index is 2.42. The maximum Gasteiger partial charge on any atom is 0.337 e. The summed E-state index contributed by atoms with van der Waals surface area (Å²) >= 11 is 0. The molecule has 1 amide bonds. The highest BCUT2D eigenvalue weighted by Crippen LogP contribution is 2.07. The fraction of sp³-hybridized carbons (Fsp3) is 0.467. The van der Waals surface area contributed by atoms with E-state index in [1.165, 1.54) is 7.11 Å². The van der Waals surface area contributed by atoms with E-state index >= 15 is 0 Å². The summed E-state index contributed by atoms with van der Waals surface area (Å²) in [7, 11) is 1.34. The topological polar surface area (TPSA) is 64.6 Å². The molecule has 0 saturated carbocycles. The molecule has 0 spiro atoms. The van der Waals surface area contributed by atoms with E-state index < -0.39 is 0 Å². The summed E-state index contributed by atoms with van der Waals surface area (Å²) < 4.78 is 9.98. The van der Waals surface area contributed by atoms with Gasteiger partial charge in [-0.25, -0.2) is 4.79 Å². The standard InChI is InChI=1S/C15H21NO4/c1-15(2,3)20-10-13(17)16-9-11-5-7-12(8-6-11)14(18)19-4/h5-8H,9-10H2,1-4H3,(H,16,17). The number of nitrogens with one attached hydrogen (secondary N) is 1. The normalized spacial score (nSPS) is 11.0. The number of benzene rings is 1. The van der Waals surface area contributed by atoms with Crippen molar-refractivity contribution in [2.75, 3.05) is 13.7 Å². The van der Waals surface area contributed by atoms with Crippen LogP contribution in [0.25, 0.3) is 0 Å². The van der Waals surface area contributed by atoms with Crippen molar-refractivity contribution in [3.05, 3.63) is 35.4 Å². The van der Waals surface area contributed by atoms with Crippen LogP contribution in [0.5, 0.6) is 0 Å². The predicted octanol–water partition coefficient (Wildman–Crippen LogP) is 1.90. The fourth-order valence-corrected chi connectivity index (χ4v) is 1.41. The molecule has 5 heteroatoms. The SMILES string of the molecule is COC(=O)c1ccc(CNC(=O)COC(C)(C)C)cc1. The molecule has 0 heterocycles. The van der Waals surface area contributed by atoms with E-state index in [0.29, 0.717) is 12.1 Å². The Morgan fingerprint density at radius 3 is 2.25 bits per heavy atom. The van der Waals surface area contributed by atoms with Gasteiger partial charge in [-0.15, -0.1) is 0 Å². The van der Waals surface area contributed by atoms with Crippen molar-refractivity contribution in [1.82, 2.24) is 5.32 Å². The Bertz CT molecular complexity index is 460. The van der Waals surface area contributed by atoms with Gasteiger partial charge in [0, 0.05) is 6.54 Å². The maximum absolute atomic E-state index is 11.6. The van der Waals surface area contributed by atoms with E-state index in [4.69, 9.17) is 4.74 Å². The molecule has 5 nitrogen and oxygen atoms in total. The molecule has 0 aliphatic carbocycles. The van der Waals surface area contributed by atoms with E-state index in [-0.39, 0.29) is 24.1 Å². The van der Waals surface area contributed by atoms with Crippen molar-refractivity contribution < 1.29 is 19.1 Å². The molecule has 0 aliphatic heterocycles. The van der Waals surface area contributed by atoms with Gasteiger partial charge in [-0.05, 0) is 38.5 Å². The Labute approximate surface area is 119 Å². The zero-order chi connectivity index (χ0) is 15.2. The largest absolute Gasteiger partial charge is 0.465 e. The van der Waals surface area contributed by atoms with Gasteiger partial charge >= 0.3 is 5.97 Å². The van der Waals surface area contributed by atoms with Crippen LogP contribution in [0.4, 0.5) is 0 Å². The lowest BCUT2D eigenvalue weighted by Crippen LogP contribution is -2.31. The Kier molecular flexibility index (Phi) is 5.70. The lowest BCUT2D eigenvalue weighted by molar-refractivity contribution is -0.130. The van der Waals surface area contributed by atoms with Crippen LogP contribution in [0.15, 0.2) is 24.3 Å². The summed E-state index contributed by atoms with van der Waals surface area (Å²) in [5, 5.41) is 2.75.